The Morgan fingerprint density at radius 3 is 2.58 bits per heavy atom. The molecule has 2 aromatic heterocycles. The first kappa shape index (κ1) is 27.9. The standard InChI is InChI=1S/C26H23BrF3N5O4S/c1-3-20-33-22(15-9-10-15)23(25(31)36)34(20)13-14-8-11-19-17(12-14)21(27)24(39-19)16-6-4-5-7-18(16)35(32-2)40(37,38)26(28,29)30/h4-8,11-12,15H,2-3,9-10,13H2,1H3,(H2,31,36). The summed E-state index contributed by atoms with van der Waals surface area (Å²) in [7, 11) is -5.87. The molecule has 9 nitrogen and oxygen atoms in total. The molecule has 5 rings (SSSR count). The van der Waals surface area contributed by atoms with Gasteiger partial charge in [-0.2, -0.15) is 31.1 Å². The zero-order chi connectivity index (χ0) is 29.0. The van der Waals surface area contributed by atoms with Gasteiger partial charge in [-0.15, -0.1) is 0 Å². The molecule has 40 heavy (non-hydrogen) atoms. The smallest absolute Gasteiger partial charge is 0.455 e. The maximum Gasteiger partial charge on any atom is 0.518 e. The number of anilines is 1. The Bertz CT molecular complexity index is 1760. The maximum atomic E-state index is 13.4. The van der Waals surface area contributed by atoms with Gasteiger partial charge in [-0.1, -0.05) is 25.1 Å². The lowest BCUT2D eigenvalue weighted by Gasteiger charge is -2.21. The van der Waals surface area contributed by atoms with Crippen LogP contribution in [0, 0.1) is 0 Å². The molecule has 0 aliphatic heterocycles. The molecule has 1 saturated carbocycles. The first-order valence-corrected chi connectivity index (χ1v) is 14.4. The molecule has 0 bridgehead atoms. The van der Waals surface area contributed by atoms with E-state index < -0.39 is 21.4 Å². The molecular weight excluding hydrogens is 615 g/mol. The van der Waals surface area contributed by atoms with Gasteiger partial charge in [0.2, 0.25) is 0 Å². The second-order valence-corrected chi connectivity index (χ2v) is 11.8. The summed E-state index contributed by atoms with van der Waals surface area (Å²) >= 11 is 3.48. The molecule has 210 valence electrons. The first-order valence-electron chi connectivity index (χ1n) is 12.2. The summed E-state index contributed by atoms with van der Waals surface area (Å²) in [6.45, 7) is 5.28. The van der Waals surface area contributed by atoms with Crippen molar-refractivity contribution in [2.75, 3.05) is 4.41 Å². The Hall–Kier alpha value is -3.65. The van der Waals surface area contributed by atoms with Crippen molar-refractivity contribution < 1.29 is 30.8 Å². The number of aromatic nitrogens is 2. The van der Waals surface area contributed by atoms with Gasteiger partial charge >= 0.3 is 15.5 Å². The molecule has 0 radical (unpaired) electrons. The maximum absolute atomic E-state index is 13.4. The van der Waals surface area contributed by atoms with Crippen LogP contribution < -0.4 is 10.1 Å². The number of hydrazone groups is 1. The minimum absolute atomic E-state index is 0.0420. The van der Waals surface area contributed by atoms with Gasteiger partial charge < -0.3 is 14.7 Å². The number of aryl methyl sites for hydroxylation is 1. The number of nitrogens with zero attached hydrogens (tertiary/aromatic N) is 4. The lowest BCUT2D eigenvalue weighted by molar-refractivity contribution is -0.0438. The first-order chi connectivity index (χ1) is 18.9. The summed E-state index contributed by atoms with van der Waals surface area (Å²) in [4.78, 5) is 17.1. The zero-order valence-electron chi connectivity index (χ0n) is 21.1. The molecule has 2 aromatic carbocycles. The summed E-state index contributed by atoms with van der Waals surface area (Å²) in [5, 5.41) is 3.74. The number of carbonyl (C=O) groups excluding carboxylic acids is 1. The average molecular weight is 638 g/mol. The highest BCUT2D eigenvalue weighted by molar-refractivity contribution is 9.10. The number of sulfonamides is 1. The van der Waals surface area contributed by atoms with Gasteiger partial charge in [0, 0.05) is 36.6 Å². The van der Waals surface area contributed by atoms with Crippen LogP contribution in [0.25, 0.3) is 22.3 Å². The van der Waals surface area contributed by atoms with Gasteiger partial charge in [-0.25, -0.2) is 4.98 Å². The van der Waals surface area contributed by atoms with Crippen molar-refractivity contribution in [3.63, 3.8) is 0 Å². The van der Waals surface area contributed by atoms with E-state index in [1.54, 1.807) is 12.1 Å². The highest BCUT2D eigenvalue weighted by atomic mass is 79.9. The van der Waals surface area contributed by atoms with Crippen LogP contribution in [0.15, 0.2) is 56.5 Å². The lowest BCUT2D eigenvalue weighted by atomic mass is 10.1. The van der Waals surface area contributed by atoms with E-state index in [0.29, 0.717) is 34.1 Å². The highest BCUT2D eigenvalue weighted by Gasteiger charge is 2.51. The molecule has 1 aliphatic carbocycles. The molecule has 14 heteroatoms. The fourth-order valence-corrected chi connectivity index (χ4v) is 6.01. The van der Waals surface area contributed by atoms with Crippen LogP contribution in [0.1, 0.15) is 53.3 Å². The molecule has 2 heterocycles. The highest BCUT2D eigenvalue weighted by Crippen LogP contribution is 2.44. The Morgan fingerprint density at radius 1 is 1.27 bits per heavy atom. The Kier molecular flexibility index (Phi) is 7.03. The number of amides is 1. The number of nitrogens with two attached hydrogens (primary N) is 1. The van der Waals surface area contributed by atoms with Crippen LogP contribution >= 0.6 is 15.9 Å². The van der Waals surface area contributed by atoms with E-state index in [-0.39, 0.29) is 27.3 Å². The lowest BCUT2D eigenvalue weighted by Crippen LogP contribution is -2.37. The van der Waals surface area contributed by atoms with Crippen LogP contribution in [0.2, 0.25) is 0 Å². The molecule has 0 unspecified atom stereocenters. The number of benzene rings is 2. The van der Waals surface area contributed by atoms with E-state index in [4.69, 9.17) is 10.2 Å². The summed E-state index contributed by atoms with van der Waals surface area (Å²) in [5.74, 6) is 0.514. The predicted molar refractivity (Wildman–Crippen MR) is 148 cm³/mol. The summed E-state index contributed by atoms with van der Waals surface area (Å²) in [5.41, 5.74) is 2.10. The third kappa shape index (κ3) is 4.68. The van der Waals surface area contributed by atoms with Gasteiger partial charge in [0.15, 0.2) is 5.76 Å². The minimum Gasteiger partial charge on any atom is -0.455 e. The van der Waals surface area contributed by atoms with Crippen molar-refractivity contribution in [1.82, 2.24) is 9.55 Å². The molecule has 1 amide bonds. The van der Waals surface area contributed by atoms with Crippen molar-refractivity contribution in [2.45, 2.75) is 44.2 Å². The summed E-state index contributed by atoms with van der Waals surface area (Å²) in [6, 6.07) is 10.8. The van der Waals surface area contributed by atoms with Crippen LogP contribution in [-0.4, -0.2) is 36.1 Å². The van der Waals surface area contributed by atoms with Crippen molar-refractivity contribution in [3.8, 4) is 11.3 Å². The van der Waals surface area contributed by atoms with Gasteiger partial charge in [0.25, 0.3) is 5.91 Å². The molecule has 1 fully saturated rings. The molecule has 4 aromatic rings. The monoisotopic (exact) mass is 637 g/mol. The number of halogens is 4. The van der Waals surface area contributed by atoms with Crippen molar-refractivity contribution in [3.05, 3.63) is 69.7 Å². The number of carbonyl (C=O) groups is 1. The molecule has 0 spiro atoms. The fourth-order valence-electron chi connectivity index (χ4n) is 4.64. The van der Waals surface area contributed by atoms with Crippen LogP contribution in [0.3, 0.4) is 0 Å². The zero-order valence-corrected chi connectivity index (χ0v) is 23.5. The van der Waals surface area contributed by atoms with Crippen molar-refractivity contribution in [2.24, 2.45) is 10.8 Å². The second kappa shape index (κ2) is 10.1. The van der Waals surface area contributed by atoms with Crippen molar-refractivity contribution >= 4 is 55.2 Å². The number of primary amides is 1. The molecular formula is C26H23BrF3N5O4S. The van der Waals surface area contributed by atoms with Gasteiger partial charge in [0.05, 0.1) is 15.9 Å². The summed E-state index contributed by atoms with van der Waals surface area (Å²) in [6.07, 6.45) is 2.52. The molecule has 0 atom stereocenters. The number of hydrogen-bond donors (Lipinski definition) is 1. The number of hydrogen-bond acceptors (Lipinski definition) is 6. The van der Waals surface area contributed by atoms with E-state index in [9.17, 15) is 26.4 Å². The van der Waals surface area contributed by atoms with Crippen LogP contribution in [0.5, 0.6) is 0 Å². The van der Waals surface area contributed by atoms with Crippen LogP contribution in [0.4, 0.5) is 18.9 Å². The minimum atomic E-state index is -5.87. The van der Waals surface area contributed by atoms with E-state index in [2.05, 4.69) is 32.7 Å². The van der Waals surface area contributed by atoms with E-state index >= 15 is 0 Å². The number of imidazole rings is 1. The normalized spacial score (nSPS) is 14.0. The van der Waals surface area contributed by atoms with Gasteiger partial charge in [-0.3, -0.25) is 4.79 Å². The fraction of sp³-hybridized carbons (Fsp3) is 0.269. The second-order valence-electron chi connectivity index (χ2n) is 9.27. The number of para-hydroxylation sites is 1. The number of fused-ring (bicyclic) bond motifs is 1. The van der Waals surface area contributed by atoms with E-state index in [0.717, 1.165) is 29.9 Å². The Balaban J connectivity index is 1.59. The number of rotatable bonds is 9. The SMILES string of the molecule is C=NN(c1ccccc1-c1oc2ccc(Cn3c(CC)nc(C4CC4)c3C(N)=O)cc2c1Br)S(=O)(=O)C(F)(F)F. The van der Waals surface area contributed by atoms with E-state index in [1.165, 1.54) is 24.3 Å². The van der Waals surface area contributed by atoms with Crippen LogP contribution in [-0.2, 0) is 23.0 Å². The van der Waals surface area contributed by atoms with E-state index in [1.807, 2.05) is 17.6 Å². The predicted octanol–water partition coefficient (Wildman–Crippen LogP) is 5.92. The third-order valence-electron chi connectivity index (χ3n) is 6.62. The average Bonchev–Trinajstić information content (AvgIpc) is 3.61. The molecule has 0 saturated heterocycles. The van der Waals surface area contributed by atoms with Gasteiger partial charge in [-0.05, 0) is 58.6 Å². The van der Waals surface area contributed by atoms with Crippen molar-refractivity contribution in [1.29, 1.82) is 0 Å². The third-order valence-corrected chi connectivity index (χ3v) is 8.76. The van der Waals surface area contributed by atoms with Gasteiger partial charge in [0.1, 0.15) is 17.1 Å². The topological polar surface area (TPSA) is 124 Å². The largest absolute Gasteiger partial charge is 0.518 e. The number of furan rings is 1. The summed E-state index contributed by atoms with van der Waals surface area (Å²) < 4.78 is 72.5. The molecule has 2 N–H and O–H groups in total. The quantitative estimate of drug-likeness (QED) is 0.180. The number of alkyl halides is 3. The Labute approximate surface area is 235 Å². The Morgan fingerprint density at radius 2 is 1.98 bits per heavy atom. The molecule has 1 aliphatic rings.